The molecule has 1 amide bonds. The van der Waals surface area contributed by atoms with Gasteiger partial charge in [-0.2, -0.15) is 0 Å². The molecule has 0 bridgehead atoms. The maximum Gasteiger partial charge on any atom is 0.251 e. The number of ether oxygens (including phenoxy) is 3. The molecule has 2 N–H and O–H groups in total. The van der Waals surface area contributed by atoms with Gasteiger partial charge in [-0.15, -0.1) is 0 Å². The molecule has 1 heterocycles. The quantitative estimate of drug-likeness (QED) is 0.467. The molecule has 0 atom stereocenters. The van der Waals surface area contributed by atoms with Crippen LogP contribution >= 0.6 is 0 Å². The van der Waals surface area contributed by atoms with Crippen molar-refractivity contribution < 1.29 is 27.4 Å². The molecule has 0 saturated heterocycles. The van der Waals surface area contributed by atoms with Crippen LogP contribution in [-0.2, 0) is 16.6 Å². The highest BCUT2D eigenvalue weighted by atomic mass is 32.2. The number of methoxy groups -OCH3 is 1. The van der Waals surface area contributed by atoms with Crippen LogP contribution in [0.25, 0.3) is 0 Å². The van der Waals surface area contributed by atoms with Crippen LogP contribution in [-0.4, -0.2) is 40.1 Å². The van der Waals surface area contributed by atoms with E-state index in [-0.39, 0.29) is 22.8 Å². The molecule has 10 heteroatoms. The van der Waals surface area contributed by atoms with Crippen molar-refractivity contribution in [3.8, 4) is 23.1 Å². The number of carbonyl (C=O) groups excluding carboxylic acids is 1. The molecule has 9 nitrogen and oxygen atoms in total. The molecule has 0 unspecified atom stereocenters. The standard InChI is InChI=1S/C23H25N3O6S/c1-4-31-18-6-8-19(9-7-18)32-22-13-16(11-12-25-22)15-26-23(27)17-5-10-20(30-3)21(14-17)33(28,29)24-2/h5-14,24H,4,15H2,1-3H3,(H,26,27). The van der Waals surface area contributed by atoms with Gasteiger partial charge in [0.05, 0.1) is 13.7 Å². The van der Waals surface area contributed by atoms with E-state index in [0.717, 1.165) is 11.3 Å². The first-order valence-electron chi connectivity index (χ1n) is 10.1. The van der Waals surface area contributed by atoms with Gasteiger partial charge in [-0.25, -0.2) is 18.1 Å². The van der Waals surface area contributed by atoms with E-state index >= 15 is 0 Å². The van der Waals surface area contributed by atoms with Crippen LogP contribution < -0.4 is 24.2 Å². The van der Waals surface area contributed by atoms with E-state index in [1.165, 1.54) is 32.4 Å². The number of pyridine rings is 1. The Labute approximate surface area is 192 Å². The van der Waals surface area contributed by atoms with Crippen molar-refractivity contribution >= 4 is 15.9 Å². The average Bonchev–Trinajstić information content (AvgIpc) is 2.83. The molecular weight excluding hydrogens is 446 g/mol. The lowest BCUT2D eigenvalue weighted by Gasteiger charge is -2.11. The number of hydrogen-bond donors (Lipinski definition) is 2. The van der Waals surface area contributed by atoms with Gasteiger partial charge >= 0.3 is 0 Å². The van der Waals surface area contributed by atoms with Crippen molar-refractivity contribution in [2.24, 2.45) is 0 Å². The molecule has 0 radical (unpaired) electrons. The lowest BCUT2D eigenvalue weighted by molar-refractivity contribution is 0.0950. The van der Waals surface area contributed by atoms with Crippen molar-refractivity contribution in [1.82, 2.24) is 15.0 Å². The molecule has 174 valence electrons. The average molecular weight is 472 g/mol. The summed E-state index contributed by atoms with van der Waals surface area (Å²) in [5.74, 6) is 1.43. The number of carbonyl (C=O) groups is 1. The van der Waals surface area contributed by atoms with Gasteiger partial charge in [-0.1, -0.05) is 0 Å². The highest BCUT2D eigenvalue weighted by Crippen LogP contribution is 2.25. The molecule has 0 saturated carbocycles. The Hall–Kier alpha value is -3.63. The van der Waals surface area contributed by atoms with Crippen LogP contribution in [0, 0.1) is 0 Å². The number of rotatable bonds is 10. The molecule has 0 aliphatic rings. The summed E-state index contributed by atoms with van der Waals surface area (Å²) < 4.78 is 42.9. The number of sulfonamides is 1. The van der Waals surface area contributed by atoms with E-state index in [9.17, 15) is 13.2 Å². The minimum atomic E-state index is -3.79. The molecule has 0 aliphatic carbocycles. The monoisotopic (exact) mass is 471 g/mol. The van der Waals surface area contributed by atoms with Gasteiger partial charge in [0.1, 0.15) is 22.1 Å². The molecule has 0 aliphatic heterocycles. The van der Waals surface area contributed by atoms with Gasteiger partial charge in [-0.3, -0.25) is 4.79 Å². The molecule has 1 aromatic heterocycles. The van der Waals surface area contributed by atoms with Gasteiger partial charge in [0, 0.05) is 24.4 Å². The second kappa shape index (κ2) is 10.8. The Morgan fingerprint density at radius 2 is 1.76 bits per heavy atom. The molecule has 3 aromatic rings. The molecule has 0 spiro atoms. The first kappa shape index (κ1) is 24.0. The Balaban J connectivity index is 1.68. The van der Waals surface area contributed by atoms with Gasteiger partial charge in [0.15, 0.2) is 0 Å². The van der Waals surface area contributed by atoms with Crippen molar-refractivity contribution in [3.63, 3.8) is 0 Å². The Morgan fingerprint density at radius 3 is 2.42 bits per heavy atom. The van der Waals surface area contributed by atoms with E-state index in [1.54, 1.807) is 42.6 Å². The van der Waals surface area contributed by atoms with E-state index in [1.807, 2.05) is 6.92 Å². The van der Waals surface area contributed by atoms with Crippen molar-refractivity contribution in [3.05, 3.63) is 71.9 Å². The SMILES string of the molecule is CCOc1ccc(Oc2cc(CNC(=O)c3ccc(OC)c(S(=O)(=O)NC)c3)ccn2)cc1. The first-order chi connectivity index (χ1) is 15.9. The molecule has 0 fully saturated rings. The molecule has 2 aromatic carbocycles. The maximum absolute atomic E-state index is 12.6. The van der Waals surface area contributed by atoms with E-state index in [4.69, 9.17) is 14.2 Å². The van der Waals surface area contributed by atoms with Crippen LogP contribution in [0.4, 0.5) is 0 Å². The zero-order valence-corrected chi connectivity index (χ0v) is 19.3. The second-order valence-electron chi connectivity index (χ2n) is 6.76. The summed E-state index contributed by atoms with van der Waals surface area (Å²) >= 11 is 0. The van der Waals surface area contributed by atoms with Crippen LogP contribution in [0.1, 0.15) is 22.8 Å². The Kier molecular flexibility index (Phi) is 7.86. The van der Waals surface area contributed by atoms with E-state index < -0.39 is 15.9 Å². The zero-order chi connectivity index (χ0) is 23.8. The van der Waals surface area contributed by atoms with Crippen molar-refractivity contribution in [1.29, 1.82) is 0 Å². The summed E-state index contributed by atoms with van der Waals surface area (Å²) in [6.45, 7) is 2.69. The number of nitrogens with zero attached hydrogens (tertiary/aromatic N) is 1. The predicted molar refractivity (Wildman–Crippen MR) is 122 cm³/mol. The highest BCUT2D eigenvalue weighted by molar-refractivity contribution is 7.89. The fraction of sp³-hybridized carbons (Fsp3) is 0.217. The zero-order valence-electron chi connectivity index (χ0n) is 18.5. The van der Waals surface area contributed by atoms with Crippen LogP contribution in [0.15, 0.2) is 65.7 Å². The second-order valence-corrected chi connectivity index (χ2v) is 8.62. The Morgan fingerprint density at radius 1 is 1.03 bits per heavy atom. The largest absolute Gasteiger partial charge is 0.495 e. The summed E-state index contributed by atoms with van der Waals surface area (Å²) in [4.78, 5) is 16.7. The smallest absolute Gasteiger partial charge is 0.251 e. The highest BCUT2D eigenvalue weighted by Gasteiger charge is 2.20. The summed E-state index contributed by atoms with van der Waals surface area (Å²) in [7, 11) is -1.14. The van der Waals surface area contributed by atoms with Crippen LogP contribution in [0.5, 0.6) is 23.1 Å². The minimum Gasteiger partial charge on any atom is -0.495 e. The summed E-state index contributed by atoms with van der Waals surface area (Å²) in [5, 5.41) is 2.77. The lowest BCUT2D eigenvalue weighted by atomic mass is 10.2. The molecule has 3 rings (SSSR count). The van der Waals surface area contributed by atoms with E-state index in [0.29, 0.717) is 18.2 Å². The minimum absolute atomic E-state index is 0.116. The fourth-order valence-electron chi connectivity index (χ4n) is 2.93. The number of nitrogens with one attached hydrogen (secondary N) is 2. The summed E-state index contributed by atoms with van der Waals surface area (Å²) in [6.07, 6.45) is 1.58. The summed E-state index contributed by atoms with van der Waals surface area (Å²) in [5.41, 5.74) is 0.945. The van der Waals surface area contributed by atoms with E-state index in [2.05, 4.69) is 15.0 Å². The fourth-order valence-corrected chi connectivity index (χ4v) is 3.85. The molecular formula is C23H25N3O6S. The third-order valence-electron chi connectivity index (χ3n) is 4.59. The topological polar surface area (TPSA) is 116 Å². The van der Waals surface area contributed by atoms with Gasteiger partial charge in [-0.05, 0) is 68.1 Å². The van der Waals surface area contributed by atoms with Crippen molar-refractivity contribution in [2.45, 2.75) is 18.4 Å². The van der Waals surface area contributed by atoms with Gasteiger partial charge in [0.2, 0.25) is 15.9 Å². The third-order valence-corrected chi connectivity index (χ3v) is 6.03. The number of benzene rings is 2. The number of amides is 1. The number of aromatic nitrogens is 1. The maximum atomic E-state index is 12.6. The van der Waals surface area contributed by atoms with Crippen molar-refractivity contribution in [2.75, 3.05) is 20.8 Å². The Bertz CT molecular complexity index is 1210. The van der Waals surface area contributed by atoms with Gasteiger partial charge < -0.3 is 19.5 Å². The predicted octanol–water partition coefficient (Wildman–Crippen LogP) is 3.12. The summed E-state index contributed by atoms with van der Waals surface area (Å²) in [6, 6.07) is 14.8. The molecule has 33 heavy (non-hydrogen) atoms. The van der Waals surface area contributed by atoms with Crippen LogP contribution in [0.3, 0.4) is 0 Å². The third kappa shape index (κ3) is 6.21. The normalized spacial score (nSPS) is 11.0. The van der Waals surface area contributed by atoms with Crippen LogP contribution in [0.2, 0.25) is 0 Å². The first-order valence-corrected chi connectivity index (χ1v) is 11.6. The lowest BCUT2D eigenvalue weighted by Crippen LogP contribution is -2.24. The van der Waals surface area contributed by atoms with Gasteiger partial charge in [0.25, 0.3) is 5.91 Å². The number of hydrogen-bond acceptors (Lipinski definition) is 7.